The lowest BCUT2D eigenvalue weighted by Gasteiger charge is -2.32. The molecule has 12 nitrogen and oxygen atoms in total. The molecule has 1 aliphatic heterocycles. The van der Waals surface area contributed by atoms with Gasteiger partial charge in [-0.1, -0.05) is 37.3 Å². The number of ketones is 1. The minimum atomic E-state index is -4.96. The quantitative estimate of drug-likeness (QED) is 0.248. The van der Waals surface area contributed by atoms with Crippen LogP contribution < -0.4 is 15.4 Å². The molecule has 0 fully saturated rings. The Morgan fingerprint density at radius 1 is 0.977 bits per heavy atom. The largest absolute Gasteiger partial charge is 0.453 e. The van der Waals surface area contributed by atoms with Crippen LogP contribution in [0, 0.1) is 0 Å². The van der Waals surface area contributed by atoms with E-state index in [1.54, 1.807) is 57.3 Å². The maximum atomic E-state index is 13.7. The Morgan fingerprint density at radius 3 is 2.30 bits per heavy atom. The molecule has 44 heavy (non-hydrogen) atoms. The van der Waals surface area contributed by atoms with Crippen molar-refractivity contribution in [3.63, 3.8) is 0 Å². The van der Waals surface area contributed by atoms with Crippen molar-refractivity contribution in [2.24, 2.45) is 0 Å². The van der Waals surface area contributed by atoms with E-state index in [-0.39, 0.29) is 51.8 Å². The Kier molecular flexibility index (Phi) is 9.80. The lowest BCUT2D eigenvalue weighted by atomic mass is 9.84. The third kappa shape index (κ3) is 6.64. The number of nitrogens with zero attached hydrogens (tertiary/aromatic N) is 1. The number of carbonyl (C=O) groups is 2. The summed E-state index contributed by atoms with van der Waals surface area (Å²) in [5.41, 5.74) is 1.14. The van der Waals surface area contributed by atoms with Crippen LogP contribution in [0.5, 0.6) is 5.75 Å². The molecule has 1 aliphatic carbocycles. The Bertz CT molecular complexity index is 1810. The monoisotopic (exact) mass is 645 g/mol. The summed E-state index contributed by atoms with van der Waals surface area (Å²) in [6.07, 6.45) is 3.86. The minimum Gasteiger partial charge on any atom is -0.453 e. The Morgan fingerprint density at radius 2 is 1.68 bits per heavy atom. The number of fused-ring (bicyclic) bond motifs is 2. The molecule has 236 valence electrons. The van der Waals surface area contributed by atoms with Crippen LogP contribution in [0.4, 0.5) is 5.69 Å². The normalized spacial score (nSPS) is 16.3. The van der Waals surface area contributed by atoms with Gasteiger partial charge in [0.1, 0.15) is 10.7 Å². The van der Waals surface area contributed by atoms with Gasteiger partial charge in [-0.2, -0.15) is 16.8 Å². The lowest BCUT2D eigenvalue weighted by molar-refractivity contribution is -0.117. The molecule has 0 radical (unpaired) electrons. The predicted molar refractivity (Wildman–Crippen MR) is 166 cm³/mol. The molecule has 4 rings (SSSR count). The van der Waals surface area contributed by atoms with E-state index in [2.05, 4.69) is 10.6 Å². The number of benzene rings is 2. The Labute approximate surface area is 257 Å². The highest BCUT2D eigenvalue weighted by Crippen LogP contribution is 2.50. The summed E-state index contributed by atoms with van der Waals surface area (Å²) in [4.78, 5) is 25.5. The number of nitrogens with one attached hydrogen (secondary N) is 2. The highest BCUT2D eigenvalue weighted by Gasteiger charge is 2.40. The lowest BCUT2D eigenvalue weighted by Crippen LogP contribution is -2.36. The summed E-state index contributed by atoms with van der Waals surface area (Å²) in [7, 11) is -8.29. The molecular formula is C30H35N3O9S2. The number of hydrogen-bond acceptors (Lipinski definition) is 9. The number of carbonyl (C=O) groups excluding carboxylic acids is 2. The Hall–Kier alpha value is -3.82. The maximum Gasteiger partial charge on any atom is 0.300 e. The zero-order chi connectivity index (χ0) is 32.4. The van der Waals surface area contributed by atoms with Crippen molar-refractivity contribution < 1.29 is 40.3 Å². The topological polar surface area (TPSA) is 179 Å². The van der Waals surface area contributed by atoms with Gasteiger partial charge in [-0.05, 0) is 50.6 Å². The second-order valence-corrected chi connectivity index (χ2v) is 13.1. The highest BCUT2D eigenvalue weighted by atomic mass is 32.2. The van der Waals surface area contributed by atoms with Crippen molar-refractivity contribution in [3.05, 3.63) is 81.5 Å². The van der Waals surface area contributed by atoms with Gasteiger partial charge in [-0.3, -0.25) is 13.9 Å². The van der Waals surface area contributed by atoms with Gasteiger partial charge in [0, 0.05) is 48.8 Å². The molecule has 4 N–H and O–H groups in total. The molecule has 1 amide bonds. The van der Waals surface area contributed by atoms with Crippen molar-refractivity contribution in [1.82, 2.24) is 10.2 Å². The zero-order valence-electron chi connectivity index (χ0n) is 24.7. The molecule has 2 aromatic rings. The van der Waals surface area contributed by atoms with Crippen LogP contribution in [0.3, 0.4) is 0 Å². The summed E-state index contributed by atoms with van der Waals surface area (Å²) < 4.78 is 77.9. The molecule has 2 aliphatic rings. The van der Waals surface area contributed by atoms with Crippen molar-refractivity contribution in [1.29, 1.82) is 0 Å². The van der Waals surface area contributed by atoms with Gasteiger partial charge in [0.2, 0.25) is 0 Å². The zero-order valence-corrected chi connectivity index (χ0v) is 26.4. The molecule has 0 aromatic heterocycles. The van der Waals surface area contributed by atoms with Gasteiger partial charge in [0.05, 0.1) is 11.7 Å². The molecule has 0 saturated heterocycles. The number of Topliss-reactive ketones (excluding diaryl/α,β-unsaturated/α-hetero) is 1. The molecular weight excluding hydrogens is 610 g/mol. The second-order valence-electron chi connectivity index (χ2n) is 10.4. The standard InChI is InChI=1S/C30H35N3O9S2/c1-5-31-23-15-13-21-25(19-11-7-8-12-20(19)30(35)33(4)17-9-10-18(3)34)22-14-16-24(32-6-2)29(44(39,40)41)27(22)42-26(21)28(23)43(36,37)38/h7-8,11-16,23,31-32H,5-6,9-10,17H2,1-4H3,(H,36,37,38)(H,39,40,41). The van der Waals surface area contributed by atoms with Gasteiger partial charge in [-0.15, -0.1) is 0 Å². The third-order valence-electron chi connectivity index (χ3n) is 7.18. The first-order valence-electron chi connectivity index (χ1n) is 14.0. The number of rotatable bonds is 12. The van der Waals surface area contributed by atoms with Crippen LogP contribution in [0.15, 0.2) is 69.7 Å². The van der Waals surface area contributed by atoms with Gasteiger partial charge in [-0.25, -0.2) is 0 Å². The van der Waals surface area contributed by atoms with E-state index in [0.29, 0.717) is 31.5 Å². The molecule has 0 saturated carbocycles. The number of allylic oxidation sites excluding steroid dienone is 1. The fourth-order valence-electron chi connectivity index (χ4n) is 5.33. The van der Waals surface area contributed by atoms with Crippen LogP contribution in [0.2, 0.25) is 0 Å². The summed E-state index contributed by atoms with van der Waals surface area (Å²) in [5, 5.41) is 5.82. The van der Waals surface area contributed by atoms with Gasteiger partial charge in [0.25, 0.3) is 26.1 Å². The fraction of sp³-hybridized carbons (Fsp3) is 0.333. The van der Waals surface area contributed by atoms with E-state index in [4.69, 9.17) is 4.74 Å². The fourth-order valence-corrected chi connectivity index (χ4v) is 7.01. The molecule has 1 heterocycles. The second kappa shape index (κ2) is 13.0. The van der Waals surface area contributed by atoms with Crippen LogP contribution in [0.1, 0.15) is 55.1 Å². The summed E-state index contributed by atoms with van der Waals surface area (Å²) in [6.45, 7) is 5.82. The van der Waals surface area contributed by atoms with E-state index in [0.717, 1.165) is 0 Å². The maximum absolute atomic E-state index is 13.7. The highest BCUT2D eigenvalue weighted by molar-refractivity contribution is 7.90. The van der Waals surface area contributed by atoms with Crippen molar-refractivity contribution in [2.75, 3.05) is 32.0 Å². The SMILES string of the molecule is CCNc1ccc2c(c1S(=O)(=O)O)OC1=C(S(=O)(=O)O)C(NCC)C=CC1=C2c1ccccc1C(=O)N(C)CCCC(C)=O. The number of hydrogen-bond donors (Lipinski definition) is 4. The molecule has 1 atom stereocenters. The van der Waals surface area contributed by atoms with Crippen LogP contribution in [-0.4, -0.2) is 75.3 Å². The molecule has 2 aromatic carbocycles. The molecule has 0 bridgehead atoms. The van der Waals surface area contributed by atoms with Gasteiger partial charge < -0.3 is 25.1 Å². The molecule has 0 spiro atoms. The molecule has 1 unspecified atom stereocenters. The number of anilines is 1. The van der Waals surface area contributed by atoms with E-state index in [9.17, 15) is 35.5 Å². The smallest absolute Gasteiger partial charge is 0.300 e. The first-order valence-corrected chi connectivity index (χ1v) is 16.9. The average Bonchev–Trinajstić information content (AvgIpc) is 2.94. The molecule has 14 heteroatoms. The average molecular weight is 646 g/mol. The van der Waals surface area contributed by atoms with Gasteiger partial charge in [0.15, 0.2) is 16.4 Å². The third-order valence-corrected chi connectivity index (χ3v) is 9.10. The predicted octanol–water partition coefficient (Wildman–Crippen LogP) is 3.65. The first kappa shape index (κ1) is 33.1. The summed E-state index contributed by atoms with van der Waals surface area (Å²) in [6, 6.07) is 8.51. The Balaban J connectivity index is 2.08. The van der Waals surface area contributed by atoms with Gasteiger partial charge >= 0.3 is 0 Å². The van der Waals surface area contributed by atoms with E-state index < -0.39 is 42.0 Å². The van der Waals surface area contributed by atoms with Crippen molar-refractivity contribution in [3.8, 4) is 5.75 Å². The number of ether oxygens (including phenoxy) is 1. The van der Waals surface area contributed by atoms with E-state index in [1.165, 1.54) is 24.0 Å². The summed E-state index contributed by atoms with van der Waals surface area (Å²) in [5.74, 6) is -1.12. The van der Waals surface area contributed by atoms with Crippen molar-refractivity contribution >= 4 is 43.2 Å². The summed E-state index contributed by atoms with van der Waals surface area (Å²) >= 11 is 0. The number of likely N-dealkylation sites (N-methyl/N-ethyl adjacent to an activating group) is 1. The van der Waals surface area contributed by atoms with Crippen LogP contribution in [-0.2, 0) is 25.0 Å². The first-order chi connectivity index (χ1) is 20.7. The van der Waals surface area contributed by atoms with Crippen molar-refractivity contribution in [2.45, 2.75) is 44.6 Å². The number of amides is 1. The van der Waals surface area contributed by atoms with Crippen LogP contribution >= 0.6 is 0 Å². The van der Waals surface area contributed by atoms with Crippen LogP contribution in [0.25, 0.3) is 5.57 Å². The van der Waals surface area contributed by atoms with E-state index >= 15 is 0 Å². The minimum absolute atomic E-state index is 0.00232. The van der Waals surface area contributed by atoms with E-state index in [1.807, 2.05) is 0 Å².